The first-order valence-electron chi connectivity index (χ1n) is 4.42. The maximum atomic E-state index is 11.3. The van der Waals surface area contributed by atoms with Crippen LogP contribution in [0.2, 0.25) is 0 Å². The molecule has 0 aromatic carbocycles. The van der Waals surface area contributed by atoms with Crippen molar-refractivity contribution in [2.75, 3.05) is 13.2 Å². The zero-order valence-electron chi connectivity index (χ0n) is 8.47. The maximum Gasteiger partial charge on any atom is 0.370 e. The molecule has 1 unspecified atom stereocenters. The van der Waals surface area contributed by atoms with E-state index in [-0.39, 0.29) is 13.2 Å². The molecule has 16 heavy (non-hydrogen) atoms. The summed E-state index contributed by atoms with van der Waals surface area (Å²) in [4.78, 5) is 33.3. The summed E-state index contributed by atoms with van der Waals surface area (Å²) in [5.41, 5.74) is -0.681. The maximum absolute atomic E-state index is 11.3. The van der Waals surface area contributed by atoms with E-state index in [1.165, 1.54) is 0 Å². The Morgan fingerprint density at radius 3 is 2.81 bits per heavy atom. The van der Waals surface area contributed by atoms with E-state index in [4.69, 9.17) is 0 Å². The lowest BCUT2D eigenvalue weighted by Gasteiger charge is -2.03. The molecule has 0 bridgehead atoms. The van der Waals surface area contributed by atoms with Gasteiger partial charge in [0.05, 0.1) is 23.6 Å². The average molecular weight is 246 g/mol. The number of aromatic nitrogens is 1. The minimum absolute atomic E-state index is 0.199. The largest absolute Gasteiger partial charge is 0.570 e. The number of hydrogen-bond donors (Lipinski definition) is 1. The second kappa shape index (κ2) is 5.42. The zero-order valence-corrected chi connectivity index (χ0v) is 9.28. The van der Waals surface area contributed by atoms with Gasteiger partial charge in [0, 0.05) is 0 Å². The van der Waals surface area contributed by atoms with E-state index in [2.05, 4.69) is 10.1 Å². The highest BCUT2D eigenvalue weighted by molar-refractivity contribution is 7.19. The highest BCUT2D eigenvalue weighted by Crippen LogP contribution is 2.05. The minimum Gasteiger partial charge on any atom is -0.570 e. The number of nitrogens with zero attached hydrogens (tertiary/aromatic N) is 1. The molecule has 0 aliphatic heterocycles. The molecule has 88 valence electrons. The minimum atomic E-state index is -1.80. The quantitative estimate of drug-likeness (QED) is 0.582. The van der Waals surface area contributed by atoms with Gasteiger partial charge in [-0.2, -0.15) is 0 Å². The topological polar surface area (TPSA) is 100 Å². The summed E-state index contributed by atoms with van der Waals surface area (Å²) in [5.74, 6) is -0.624. The van der Waals surface area contributed by atoms with Gasteiger partial charge in [-0.25, -0.2) is 4.79 Å². The van der Waals surface area contributed by atoms with Crippen molar-refractivity contribution in [2.45, 2.75) is 6.92 Å². The fourth-order valence-corrected chi connectivity index (χ4v) is 1.77. The van der Waals surface area contributed by atoms with Crippen LogP contribution in [-0.4, -0.2) is 33.7 Å². The Morgan fingerprint density at radius 1 is 1.62 bits per heavy atom. The van der Waals surface area contributed by atoms with Gasteiger partial charge in [-0.1, -0.05) is 3.96 Å². The highest BCUT2D eigenvalue weighted by Gasteiger charge is 2.17. The molecule has 1 rings (SSSR count). The highest BCUT2D eigenvalue weighted by atomic mass is 32.2. The first kappa shape index (κ1) is 12.4. The summed E-state index contributed by atoms with van der Waals surface area (Å²) in [7, 11) is -1.80. The van der Waals surface area contributed by atoms with Crippen LogP contribution in [0, 0.1) is 0 Å². The number of nitrogens with one attached hydrogen (secondary N) is 1. The molecule has 0 radical (unpaired) electrons. The normalized spacial score (nSPS) is 11.0. The summed E-state index contributed by atoms with van der Waals surface area (Å²) < 4.78 is 16.2. The van der Waals surface area contributed by atoms with Gasteiger partial charge >= 0.3 is 17.6 Å². The molecule has 1 N–H and O–H groups in total. The molecule has 0 saturated heterocycles. The van der Waals surface area contributed by atoms with Gasteiger partial charge in [0.15, 0.2) is 5.38 Å². The van der Waals surface area contributed by atoms with Crippen molar-refractivity contribution in [3.63, 3.8) is 0 Å². The molecule has 1 aromatic heterocycles. The van der Waals surface area contributed by atoms with E-state index < -0.39 is 28.5 Å². The molecule has 0 spiro atoms. The Morgan fingerprint density at radius 2 is 2.31 bits per heavy atom. The van der Waals surface area contributed by atoms with E-state index in [1.54, 1.807) is 6.92 Å². The zero-order chi connectivity index (χ0) is 12.1. The van der Waals surface area contributed by atoms with Crippen molar-refractivity contribution < 1.29 is 18.9 Å². The van der Waals surface area contributed by atoms with Gasteiger partial charge < -0.3 is 14.6 Å². The Hall–Kier alpha value is -1.67. The second-order valence-electron chi connectivity index (χ2n) is 2.68. The molecule has 0 aliphatic rings. The van der Waals surface area contributed by atoms with Gasteiger partial charge in [-0.15, -0.1) is 0 Å². The van der Waals surface area contributed by atoms with Crippen LogP contribution in [0.1, 0.15) is 6.92 Å². The number of carbonyl (C=O) groups is 2. The number of amides is 1. The number of hydrogen-bond acceptors (Lipinski definition) is 5. The monoisotopic (exact) mass is 246 g/mol. The first-order valence-corrected chi connectivity index (χ1v) is 5.59. The number of ether oxygens (including phenoxy) is 1. The Labute approximate surface area is 93.6 Å². The fourth-order valence-electron chi connectivity index (χ4n) is 0.947. The summed E-state index contributed by atoms with van der Waals surface area (Å²) in [5, 5.41) is 3.22. The summed E-state index contributed by atoms with van der Waals surface area (Å²) in [6, 6.07) is 0.140. The standard InChI is InChI=1S/C8H10N2O5S/c1-2-15-7(12)5-9-8(13)10-6(11)3-4-16(10)14/h3-4H,2,5H2,1H3,(H,9,13). The molecular formula is C8H10N2O5S. The third-order valence-electron chi connectivity index (χ3n) is 1.58. The summed E-state index contributed by atoms with van der Waals surface area (Å²) in [6.45, 7) is 1.46. The van der Waals surface area contributed by atoms with E-state index in [0.717, 1.165) is 11.4 Å². The SMILES string of the molecule is CCOC(=O)CNC(=O)n1c(=O)cc[s+]1[O-]. The molecular weight excluding hydrogens is 236 g/mol. The predicted octanol–water partition coefficient (Wildman–Crippen LogP) is -0.303. The Balaban J connectivity index is 2.60. The number of esters is 1. The van der Waals surface area contributed by atoms with E-state index in [9.17, 15) is 18.9 Å². The van der Waals surface area contributed by atoms with E-state index in [1.807, 2.05) is 0 Å². The van der Waals surface area contributed by atoms with E-state index in [0.29, 0.717) is 3.96 Å². The van der Waals surface area contributed by atoms with Crippen molar-refractivity contribution in [1.82, 2.24) is 9.27 Å². The molecule has 1 aromatic rings. The molecule has 0 saturated carbocycles. The third kappa shape index (κ3) is 2.91. The van der Waals surface area contributed by atoms with Crippen LogP contribution in [0.25, 0.3) is 0 Å². The first-order chi connectivity index (χ1) is 7.56. The van der Waals surface area contributed by atoms with Crippen LogP contribution in [0.4, 0.5) is 4.79 Å². The third-order valence-corrected chi connectivity index (χ3v) is 2.66. The average Bonchev–Trinajstić information content (AvgIpc) is 2.56. The molecule has 1 heterocycles. The van der Waals surface area contributed by atoms with Crippen LogP contribution in [0.5, 0.6) is 0 Å². The van der Waals surface area contributed by atoms with Crippen molar-refractivity contribution in [3.05, 3.63) is 21.8 Å². The second-order valence-corrected chi connectivity index (χ2v) is 3.86. The summed E-state index contributed by atoms with van der Waals surface area (Å²) >= 11 is 0. The Bertz CT molecular complexity index is 450. The van der Waals surface area contributed by atoms with Gasteiger partial charge in [0.25, 0.3) is 0 Å². The molecule has 1 amide bonds. The Kier molecular flexibility index (Phi) is 4.20. The molecule has 1 atom stereocenters. The van der Waals surface area contributed by atoms with E-state index >= 15 is 0 Å². The van der Waals surface area contributed by atoms with Gasteiger partial charge in [-0.3, -0.25) is 9.59 Å². The number of rotatable bonds is 3. The molecule has 0 aliphatic carbocycles. The lowest BCUT2D eigenvalue weighted by atomic mass is 10.6. The molecule has 8 heteroatoms. The van der Waals surface area contributed by atoms with Crippen molar-refractivity contribution in [1.29, 1.82) is 0 Å². The van der Waals surface area contributed by atoms with Crippen molar-refractivity contribution in [2.24, 2.45) is 0 Å². The predicted molar refractivity (Wildman–Crippen MR) is 54.8 cm³/mol. The van der Waals surface area contributed by atoms with Crippen LogP contribution >= 0.6 is 10.9 Å². The van der Waals surface area contributed by atoms with Crippen LogP contribution in [0.3, 0.4) is 0 Å². The van der Waals surface area contributed by atoms with Crippen LogP contribution in [-0.2, 0) is 9.53 Å². The van der Waals surface area contributed by atoms with Crippen molar-refractivity contribution in [3.8, 4) is 0 Å². The van der Waals surface area contributed by atoms with Crippen LogP contribution < -0.4 is 10.9 Å². The summed E-state index contributed by atoms with van der Waals surface area (Å²) in [6.07, 6.45) is 0. The van der Waals surface area contributed by atoms with Gasteiger partial charge in [0.1, 0.15) is 6.54 Å². The number of carbonyl (C=O) groups excluding carboxylic acids is 2. The van der Waals surface area contributed by atoms with Gasteiger partial charge in [0.2, 0.25) is 0 Å². The van der Waals surface area contributed by atoms with Crippen molar-refractivity contribution >= 4 is 22.9 Å². The van der Waals surface area contributed by atoms with Gasteiger partial charge in [-0.05, 0) is 6.92 Å². The lowest BCUT2D eigenvalue weighted by molar-refractivity contribution is -0.141. The smallest absolute Gasteiger partial charge is 0.370 e. The van der Waals surface area contributed by atoms with Crippen LogP contribution in [0.15, 0.2) is 16.2 Å². The molecule has 0 fully saturated rings. The fraction of sp³-hybridized carbons (Fsp3) is 0.375. The lowest BCUT2D eigenvalue weighted by Crippen LogP contribution is -2.37. The molecule has 7 nitrogen and oxygen atoms in total.